The van der Waals surface area contributed by atoms with Crippen LogP contribution in [0.15, 0.2) is 65.3 Å². The van der Waals surface area contributed by atoms with Crippen LogP contribution in [0.3, 0.4) is 0 Å². The normalized spacial score (nSPS) is 13.0. The molecule has 0 saturated carbocycles. The fourth-order valence-corrected chi connectivity index (χ4v) is 4.03. The molecule has 1 N–H and O–H groups in total. The van der Waals surface area contributed by atoms with Gasteiger partial charge in [-0.15, -0.1) is 10.2 Å². The summed E-state index contributed by atoms with van der Waals surface area (Å²) in [5.74, 6) is 0.496. The van der Waals surface area contributed by atoms with Gasteiger partial charge in [0.15, 0.2) is 0 Å². The predicted octanol–water partition coefficient (Wildman–Crippen LogP) is 4.91. The van der Waals surface area contributed by atoms with E-state index in [2.05, 4.69) is 20.5 Å². The van der Waals surface area contributed by atoms with Crippen molar-refractivity contribution in [3.63, 3.8) is 0 Å². The Morgan fingerprint density at radius 2 is 1.74 bits per heavy atom. The van der Waals surface area contributed by atoms with Gasteiger partial charge in [0.1, 0.15) is 17.0 Å². The molecule has 0 spiro atoms. The van der Waals surface area contributed by atoms with Crippen molar-refractivity contribution in [2.75, 3.05) is 7.11 Å². The Bertz CT molecular complexity index is 1440. The predicted molar refractivity (Wildman–Crippen MR) is 140 cm³/mol. The first-order valence-corrected chi connectivity index (χ1v) is 12.1. The van der Waals surface area contributed by atoms with Gasteiger partial charge in [-0.1, -0.05) is 30.3 Å². The van der Waals surface area contributed by atoms with Gasteiger partial charge in [0.05, 0.1) is 12.7 Å². The average Bonchev–Trinajstić information content (AvgIpc) is 3.52. The highest BCUT2D eigenvalue weighted by Crippen LogP contribution is 2.31. The van der Waals surface area contributed by atoms with Crippen LogP contribution in [0, 0.1) is 0 Å². The van der Waals surface area contributed by atoms with Crippen LogP contribution in [0.5, 0.6) is 0 Å². The first kappa shape index (κ1) is 26.6. The molecule has 1 atom stereocenters. The Labute approximate surface area is 221 Å². The number of aryl methyl sites for hydroxylation is 1. The van der Waals surface area contributed by atoms with E-state index in [1.54, 1.807) is 46.0 Å². The van der Waals surface area contributed by atoms with Crippen LogP contribution >= 0.6 is 0 Å². The number of alkyl carbamates (subject to hydrolysis) is 1. The minimum atomic E-state index is -1.09. The third kappa shape index (κ3) is 6.08. The van der Waals surface area contributed by atoms with Crippen LogP contribution in [0.2, 0.25) is 0 Å². The average molecular weight is 518 g/mol. The van der Waals surface area contributed by atoms with Crippen LogP contribution in [-0.4, -0.2) is 44.5 Å². The van der Waals surface area contributed by atoms with Crippen molar-refractivity contribution in [2.45, 2.75) is 45.3 Å². The largest absolute Gasteiger partial charge is 0.465 e. The van der Waals surface area contributed by atoms with Crippen molar-refractivity contribution in [1.29, 1.82) is 0 Å². The van der Waals surface area contributed by atoms with Gasteiger partial charge in [-0.05, 0) is 51.5 Å². The molecule has 198 valence electrons. The second kappa shape index (κ2) is 10.5. The molecule has 4 aromatic rings. The maximum absolute atomic E-state index is 12.8. The molecule has 38 heavy (non-hydrogen) atoms. The molecule has 2 aromatic carbocycles. The van der Waals surface area contributed by atoms with Crippen molar-refractivity contribution in [3.05, 3.63) is 77.9 Å². The molecule has 2 heterocycles. The molecule has 10 nitrogen and oxygen atoms in total. The zero-order valence-corrected chi connectivity index (χ0v) is 22.3. The first-order valence-electron chi connectivity index (χ1n) is 12.1. The lowest BCUT2D eigenvalue weighted by molar-refractivity contribution is 0.0443. The first-order chi connectivity index (χ1) is 18.0. The van der Waals surface area contributed by atoms with Crippen LogP contribution < -0.4 is 5.32 Å². The summed E-state index contributed by atoms with van der Waals surface area (Å²) < 4.78 is 18.4. The van der Waals surface area contributed by atoms with Gasteiger partial charge in [0.2, 0.25) is 11.8 Å². The Morgan fingerprint density at radius 3 is 2.37 bits per heavy atom. The van der Waals surface area contributed by atoms with Crippen molar-refractivity contribution in [3.8, 4) is 22.8 Å². The fourth-order valence-electron chi connectivity index (χ4n) is 4.03. The summed E-state index contributed by atoms with van der Waals surface area (Å²) in [5.41, 5.74) is 0.667. The molecule has 2 aromatic heterocycles. The molecule has 0 saturated heterocycles. The highest BCUT2D eigenvalue weighted by Gasteiger charge is 2.37. The van der Waals surface area contributed by atoms with E-state index in [1.807, 2.05) is 54.2 Å². The van der Waals surface area contributed by atoms with Gasteiger partial charge in [0.25, 0.3) is 0 Å². The molecule has 0 aliphatic heterocycles. The fraction of sp³-hybridized carbons (Fsp3) is 0.321. The van der Waals surface area contributed by atoms with Gasteiger partial charge in [-0.25, -0.2) is 14.6 Å². The smallest absolute Gasteiger partial charge is 0.408 e. The van der Waals surface area contributed by atoms with E-state index in [1.165, 1.54) is 7.11 Å². The lowest BCUT2D eigenvalue weighted by atomic mass is 9.92. The highest BCUT2D eigenvalue weighted by atomic mass is 16.6. The van der Waals surface area contributed by atoms with Crippen LogP contribution in [-0.2, 0) is 28.5 Å². The van der Waals surface area contributed by atoms with E-state index in [9.17, 15) is 9.59 Å². The van der Waals surface area contributed by atoms with Crippen molar-refractivity contribution >= 4 is 12.1 Å². The molecule has 0 bridgehead atoms. The Balaban J connectivity index is 1.75. The minimum absolute atomic E-state index is 0.173. The molecule has 10 heteroatoms. The second-order valence-electron chi connectivity index (χ2n) is 10.2. The maximum Gasteiger partial charge on any atom is 0.408 e. The number of carbonyl (C=O) groups excluding carboxylic acids is 2. The number of esters is 1. The summed E-state index contributed by atoms with van der Waals surface area (Å²) in [5, 5.41) is 11.5. The van der Waals surface area contributed by atoms with Crippen molar-refractivity contribution in [2.24, 2.45) is 7.05 Å². The van der Waals surface area contributed by atoms with E-state index in [0.717, 1.165) is 5.56 Å². The lowest BCUT2D eigenvalue weighted by Crippen LogP contribution is -2.47. The number of carbonyl (C=O) groups is 2. The number of benzene rings is 2. The zero-order chi connectivity index (χ0) is 27.5. The molecule has 1 unspecified atom stereocenters. The number of amides is 1. The quantitative estimate of drug-likeness (QED) is 0.343. The second-order valence-corrected chi connectivity index (χ2v) is 10.2. The third-order valence-electron chi connectivity index (χ3n) is 5.75. The van der Waals surface area contributed by atoms with Crippen molar-refractivity contribution in [1.82, 2.24) is 25.1 Å². The summed E-state index contributed by atoms with van der Waals surface area (Å²) in [6, 6.07) is 14.8. The van der Waals surface area contributed by atoms with Crippen LogP contribution in [0.4, 0.5) is 4.79 Å². The summed E-state index contributed by atoms with van der Waals surface area (Å²) in [6.07, 6.45) is 3.24. The van der Waals surface area contributed by atoms with Gasteiger partial charge in [-0.2, -0.15) is 0 Å². The van der Waals surface area contributed by atoms with E-state index >= 15 is 0 Å². The molecular weight excluding hydrogens is 486 g/mol. The number of imidazole rings is 1. The number of nitrogens with zero attached hydrogens (tertiary/aromatic N) is 4. The lowest BCUT2D eigenvalue weighted by Gasteiger charge is -2.29. The number of rotatable bonds is 7. The number of aromatic nitrogens is 4. The zero-order valence-electron chi connectivity index (χ0n) is 22.3. The number of hydrogen-bond donors (Lipinski definition) is 1. The number of hydrogen-bond acceptors (Lipinski definition) is 8. The molecule has 0 fully saturated rings. The third-order valence-corrected chi connectivity index (χ3v) is 5.75. The Morgan fingerprint density at radius 1 is 1.03 bits per heavy atom. The van der Waals surface area contributed by atoms with Gasteiger partial charge >= 0.3 is 12.1 Å². The van der Waals surface area contributed by atoms with Crippen molar-refractivity contribution < 1.29 is 23.5 Å². The standard InChI is InChI=1S/C28H31N5O5/c1-27(2,3)38-26(35)30-28(4,17-18-10-8-7-9-11-18)25-32-31-23(37-25)20-14-19(22-29-12-13-33(22)5)15-21(16-20)24(34)36-6/h7-16H,17H2,1-6H3,(H,30,35). The number of nitrogens with one attached hydrogen (secondary N) is 1. The van der Waals surface area contributed by atoms with Crippen LogP contribution in [0.25, 0.3) is 22.8 Å². The molecule has 0 aliphatic rings. The summed E-state index contributed by atoms with van der Waals surface area (Å²) >= 11 is 0. The topological polar surface area (TPSA) is 121 Å². The molecular formula is C28H31N5O5. The summed E-state index contributed by atoms with van der Waals surface area (Å²) in [6.45, 7) is 7.17. The van der Waals surface area contributed by atoms with E-state index < -0.39 is 23.2 Å². The van der Waals surface area contributed by atoms with Gasteiger partial charge < -0.3 is 23.8 Å². The SMILES string of the molecule is COC(=O)c1cc(-c2nnc(C(C)(Cc3ccccc3)NC(=O)OC(C)(C)C)o2)cc(-c2nccn2C)c1. The summed E-state index contributed by atoms with van der Waals surface area (Å²) in [4.78, 5) is 29.6. The van der Waals surface area contributed by atoms with E-state index in [-0.39, 0.29) is 11.8 Å². The maximum atomic E-state index is 12.8. The van der Waals surface area contributed by atoms with Gasteiger partial charge in [-0.3, -0.25) is 0 Å². The number of methoxy groups -OCH3 is 1. The van der Waals surface area contributed by atoms with E-state index in [0.29, 0.717) is 28.9 Å². The van der Waals surface area contributed by atoms with Crippen LogP contribution in [0.1, 0.15) is 49.5 Å². The highest BCUT2D eigenvalue weighted by molar-refractivity contribution is 5.92. The Hall–Kier alpha value is -4.47. The molecule has 0 radical (unpaired) electrons. The molecule has 4 rings (SSSR count). The van der Waals surface area contributed by atoms with E-state index in [4.69, 9.17) is 13.9 Å². The van der Waals surface area contributed by atoms with Gasteiger partial charge in [0, 0.05) is 37.0 Å². The molecule has 0 aliphatic carbocycles. The Kier molecular flexibility index (Phi) is 7.34. The number of ether oxygens (including phenoxy) is 2. The molecule has 1 amide bonds. The monoisotopic (exact) mass is 517 g/mol. The minimum Gasteiger partial charge on any atom is -0.465 e. The summed E-state index contributed by atoms with van der Waals surface area (Å²) in [7, 11) is 3.17.